The lowest BCUT2D eigenvalue weighted by molar-refractivity contribution is 0.445. The molecule has 0 radical (unpaired) electrons. The van der Waals surface area contributed by atoms with Gasteiger partial charge in [-0.1, -0.05) is 17.7 Å². The van der Waals surface area contributed by atoms with Crippen molar-refractivity contribution in [1.29, 1.82) is 0 Å². The molecular formula is C29H27FN6. The first-order chi connectivity index (χ1) is 17.4. The predicted octanol–water partition coefficient (Wildman–Crippen LogP) is 6.46. The highest BCUT2D eigenvalue weighted by atomic mass is 19.1. The first-order valence-corrected chi connectivity index (χ1v) is 11.6. The van der Waals surface area contributed by atoms with Crippen LogP contribution in [-0.2, 0) is 0 Å². The van der Waals surface area contributed by atoms with Gasteiger partial charge in [-0.3, -0.25) is 15.1 Å². The molecule has 7 heteroatoms. The Kier molecular flexibility index (Phi) is 6.31. The zero-order chi connectivity index (χ0) is 25.2. The summed E-state index contributed by atoms with van der Waals surface area (Å²) in [6, 6.07) is 16.6. The maximum Gasteiger partial charge on any atom is 0.123 e. The summed E-state index contributed by atoms with van der Waals surface area (Å²) in [5.74, 6) is -0.272. The van der Waals surface area contributed by atoms with Crippen LogP contribution in [0.4, 0.5) is 4.39 Å². The molecule has 0 aliphatic carbocycles. The second kappa shape index (κ2) is 9.71. The van der Waals surface area contributed by atoms with Crippen LogP contribution in [0.1, 0.15) is 12.5 Å². The van der Waals surface area contributed by atoms with Gasteiger partial charge in [-0.25, -0.2) is 4.39 Å². The van der Waals surface area contributed by atoms with Crippen LogP contribution in [0.3, 0.4) is 0 Å². The van der Waals surface area contributed by atoms with Crippen LogP contribution in [0.25, 0.3) is 50.0 Å². The zero-order valence-corrected chi connectivity index (χ0v) is 20.5. The molecule has 3 heterocycles. The maximum atomic E-state index is 13.5. The number of aliphatic imine (C=N–C) groups is 1. The summed E-state index contributed by atoms with van der Waals surface area (Å²) in [5, 5.41) is 9.70. The Balaban J connectivity index is 1.59. The third kappa shape index (κ3) is 4.61. The third-order valence-corrected chi connectivity index (χ3v) is 6.02. The average Bonchev–Trinajstić information content (AvgIpc) is 3.47. The van der Waals surface area contributed by atoms with Crippen molar-refractivity contribution in [2.75, 3.05) is 20.6 Å². The van der Waals surface area contributed by atoms with Crippen molar-refractivity contribution in [2.45, 2.75) is 6.92 Å². The van der Waals surface area contributed by atoms with Gasteiger partial charge in [0, 0.05) is 40.8 Å². The van der Waals surface area contributed by atoms with E-state index in [1.165, 1.54) is 17.7 Å². The van der Waals surface area contributed by atoms with E-state index in [9.17, 15) is 4.39 Å². The molecule has 2 aromatic carbocycles. The average molecular weight is 479 g/mol. The molecule has 5 aromatic rings. The Bertz CT molecular complexity index is 1620. The largest absolute Gasteiger partial charge is 0.353 e. The SMILES string of the molecule is C=N/C=C(\C=C(/C)CN(C)C)c1ccc2[nH]nc(-c3cc4c(-c5ccc(F)cc5)nccc4[nH]3)c2c1. The number of allylic oxidation sites excluding steroid dienone is 2. The maximum absolute atomic E-state index is 13.5. The van der Waals surface area contributed by atoms with E-state index in [-0.39, 0.29) is 5.82 Å². The number of likely N-dealkylation sites (N-methyl/N-ethyl adjacent to an activating group) is 1. The molecule has 0 atom stereocenters. The fourth-order valence-corrected chi connectivity index (χ4v) is 4.52. The summed E-state index contributed by atoms with van der Waals surface area (Å²) >= 11 is 0. The summed E-state index contributed by atoms with van der Waals surface area (Å²) in [6.07, 6.45) is 5.67. The molecule has 0 aliphatic heterocycles. The van der Waals surface area contributed by atoms with Crippen molar-refractivity contribution in [2.24, 2.45) is 4.99 Å². The third-order valence-electron chi connectivity index (χ3n) is 6.02. The number of benzene rings is 2. The van der Waals surface area contributed by atoms with Gasteiger partial charge in [0.05, 0.1) is 16.9 Å². The van der Waals surface area contributed by atoms with E-state index in [1.807, 2.05) is 32.3 Å². The lowest BCUT2D eigenvalue weighted by Crippen LogP contribution is -2.13. The van der Waals surface area contributed by atoms with Gasteiger partial charge < -0.3 is 9.88 Å². The minimum Gasteiger partial charge on any atom is -0.353 e. The van der Waals surface area contributed by atoms with Gasteiger partial charge in [0.1, 0.15) is 11.5 Å². The van der Waals surface area contributed by atoms with Crippen LogP contribution in [0.15, 0.2) is 83.6 Å². The Labute approximate surface area is 208 Å². The Morgan fingerprint density at radius 2 is 1.81 bits per heavy atom. The van der Waals surface area contributed by atoms with Gasteiger partial charge in [-0.2, -0.15) is 5.10 Å². The fourth-order valence-electron chi connectivity index (χ4n) is 4.52. The van der Waals surface area contributed by atoms with Gasteiger partial charge in [-0.15, -0.1) is 0 Å². The highest BCUT2D eigenvalue weighted by molar-refractivity contribution is 6.00. The van der Waals surface area contributed by atoms with Gasteiger partial charge in [-0.05, 0) is 87.4 Å². The molecule has 0 aliphatic rings. The van der Waals surface area contributed by atoms with Crippen LogP contribution in [-0.4, -0.2) is 52.4 Å². The van der Waals surface area contributed by atoms with Crippen molar-refractivity contribution in [3.8, 4) is 22.6 Å². The smallest absolute Gasteiger partial charge is 0.123 e. The van der Waals surface area contributed by atoms with Gasteiger partial charge in [0.15, 0.2) is 0 Å². The highest BCUT2D eigenvalue weighted by Gasteiger charge is 2.15. The first kappa shape index (κ1) is 23.4. The number of pyridine rings is 1. The lowest BCUT2D eigenvalue weighted by atomic mass is 10.0. The standard InChI is InChI=1S/C29H27FN6/c1-18(17-36(3)4)13-21(16-31-2)20-7-10-26-23(14-20)29(35-34-26)27-15-24-25(33-27)11-12-32-28(24)19-5-8-22(30)9-6-19/h5-16,33H,2,17H2,1,3-4H3,(H,34,35)/b18-13+,21-16+. The highest BCUT2D eigenvalue weighted by Crippen LogP contribution is 2.34. The topological polar surface area (TPSA) is 73.0 Å². The number of aromatic amines is 2. The monoisotopic (exact) mass is 478 g/mol. The van der Waals surface area contributed by atoms with E-state index in [1.54, 1.807) is 24.5 Å². The second-order valence-corrected chi connectivity index (χ2v) is 9.14. The number of fused-ring (bicyclic) bond motifs is 2. The summed E-state index contributed by atoms with van der Waals surface area (Å²) in [4.78, 5) is 14.2. The van der Waals surface area contributed by atoms with Crippen molar-refractivity contribution in [3.63, 3.8) is 0 Å². The lowest BCUT2D eigenvalue weighted by Gasteiger charge is -2.11. The van der Waals surface area contributed by atoms with E-state index in [2.05, 4.69) is 61.9 Å². The van der Waals surface area contributed by atoms with Crippen LogP contribution < -0.4 is 0 Å². The van der Waals surface area contributed by atoms with Crippen LogP contribution in [0.5, 0.6) is 0 Å². The number of hydrogen-bond donors (Lipinski definition) is 2. The minimum absolute atomic E-state index is 0.272. The van der Waals surface area contributed by atoms with Crippen molar-refractivity contribution in [3.05, 3.63) is 90.0 Å². The molecule has 6 nitrogen and oxygen atoms in total. The minimum atomic E-state index is -0.272. The second-order valence-electron chi connectivity index (χ2n) is 9.14. The van der Waals surface area contributed by atoms with E-state index >= 15 is 0 Å². The van der Waals surface area contributed by atoms with E-state index in [0.717, 1.165) is 62.1 Å². The first-order valence-electron chi connectivity index (χ1n) is 11.6. The van der Waals surface area contributed by atoms with E-state index in [0.29, 0.717) is 0 Å². The summed E-state index contributed by atoms with van der Waals surface area (Å²) in [7, 11) is 4.10. The number of rotatable bonds is 7. The normalized spacial score (nSPS) is 12.7. The van der Waals surface area contributed by atoms with Crippen LogP contribution in [0.2, 0.25) is 0 Å². The van der Waals surface area contributed by atoms with E-state index < -0.39 is 0 Å². The van der Waals surface area contributed by atoms with Crippen LogP contribution in [0, 0.1) is 5.82 Å². The molecule has 0 unspecified atom stereocenters. The Morgan fingerprint density at radius 1 is 1.03 bits per heavy atom. The van der Waals surface area contributed by atoms with E-state index in [4.69, 9.17) is 0 Å². The summed E-state index contributed by atoms with van der Waals surface area (Å²) in [6.45, 7) is 6.62. The molecule has 36 heavy (non-hydrogen) atoms. The number of H-pyrrole nitrogens is 2. The number of nitrogens with one attached hydrogen (secondary N) is 2. The molecule has 0 fully saturated rings. The predicted molar refractivity (Wildman–Crippen MR) is 146 cm³/mol. The molecule has 2 N–H and O–H groups in total. The van der Waals surface area contributed by atoms with Gasteiger partial charge in [0.25, 0.3) is 0 Å². The number of halogens is 1. The molecule has 0 saturated heterocycles. The number of aromatic nitrogens is 4. The quantitative estimate of drug-likeness (QED) is 0.208. The number of nitrogens with zero attached hydrogens (tertiary/aromatic N) is 4. The van der Waals surface area contributed by atoms with Crippen molar-refractivity contribution in [1.82, 2.24) is 25.1 Å². The fraction of sp³-hybridized carbons (Fsp3) is 0.138. The Hall–Kier alpha value is -4.36. The van der Waals surface area contributed by atoms with Crippen LogP contribution >= 0.6 is 0 Å². The zero-order valence-electron chi connectivity index (χ0n) is 20.5. The van der Waals surface area contributed by atoms with Gasteiger partial charge >= 0.3 is 0 Å². The molecule has 0 amide bonds. The van der Waals surface area contributed by atoms with Crippen molar-refractivity contribution < 1.29 is 4.39 Å². The molecule has 0 spiro atoms. The molecule has 5 rings (SSSR count). The molecule has 0 saturated carbocycles. The molecule has 3 aromatic heterocycles. The summed E-state index contributed by atoms with van der Waals surface area (Å²) in [5.41, 5.74) is 8.43. The van der Waals surface area contributed by atoms with Gasteiger partial charge in [0.2, 0.25) is 0 Å². The van der Waals surface area contributed by atoms with Crippen molar-refractivity contribution >= 4 is 34.1 Å². The number of hydrogen-bond acceptors (Lipinski definition) is 4. The Morgan fingerprint density at radius 3 is 2.56 bits per heavy atom. The molecular weight excluding hydrogens is 451 g/mol. The summed E-state index contributed by atoms with van der Waals surface area (Å²) < 4.78 is 13.5. The molecule has 180 valence electrons. The molecule has 0 bridgehead atoms.